The van der Waals surface area contributed by atoms with Crippen LogP contribution in [0.3, 0.4) is 0 Å². The van der Waals surface area contributed by atoms with Crippen molar-refractivity contribution in [3.63, 3.8) is 0 Å². The highest BCUT2D eigenvalue weighted by atomic mass is 32.2. The third kappa shape index (κ3) is 13.4. The van der Waals surface area contributed by atoms with Crippen molar-refractivity contribution < 1.29 is 89.9 Å². The van der Waals surface area contributed by atoms with Gasteiger partial charge in [-0.1, -0.05) is 6.08 Å². The normalized spacial score (nSPS) is 20.7. The van der Waals surface area contributed by atoms with Crippen LogP contribution in [0, 0.1) is 0 Å². The Bertz CT molecular complexity index is 2780. The summed E-state index contributed by atoms with van der Waals surface area (Å²) in [7, 11) is -16.8. The number of imide groups is 1. The molecular formula is C41H54N3O19S4+. The fourth-order valence-corrected chi connectivity index (χ4v) is 10.5. The quantitative estimate of drug-likeness (QED) is 0.0481. The van der Waals surface area contributed by atoms with Crippen molar-refractivity contribution in [1.82, 2.24) is 5.06 Å². The van der Waals surface area contributed by atoms with Crippen molar-refractivity contribution in [3.05, 3.63) is 71.5 Å². The van der Waals surface area contributed by atoms with Gasteiger partial charge in [0.2, 0.25) is 5.69 Å². The summed E-state index contributed by atoms with van der Waals surface area (Å²) in [6.07, 6.45) is 4.66. The molecule has 0 bridgehead atoms. The van der Waals surface area contributed by atoms with E-state index in [2.05, 4.69) is 0 Å². The number of hydrogen-bond donors (Lipinski definition) is 4. The SMILES string of the molecule is COCCN1C(=CC=CC2=[N+](CCOCCOCCC(=O)ON3C(=O)CCC3=O)c3ccc(S(=O)(=O)O)cc3C2(C)CCCS(=O)(=O)O)C(C)(CCCS(=O)(=O)O)c2cc(S(=O)(=O)O)ccc21. The zero-order chi connectivity index (χ0) is 49.6. The van der Waals surface area contributed by atoms with E-state index in [1.54, 1.807) is 36.7 Å². The molecule has 2 atom stereocenters. The molecule has 4 N–H and O–H groups in total. The number of allylic oxidation sites excluding steroid dienone is 4. The summed E-state index contributed by atoms with van der Waals surface area (Å²) in [4.78, 5) is 41.4. The molecule has 0 radical (unpaired) electrons. The van der Waals surface area contributed by atoms with Crippen LogP contribution in [0.2, 0.25) is 0 Å². The second-order valence-electron chi connectivity index (χ2n) is 16.4. The first-order valence-electron chi connectivity index (χ1n) is 20.9. The summed E-state index contributed by atoms with van der Waals surface area (Å²) < 4.78 is 155. The molecule has 1 fully saturated rings. The molecule has 0 aliphatic carbocycles. The van der Waals surface area contributed by atoms with Gasteiger partial charge in [-0.2, -0.15) is 38.2 Å². The third-order valence-electron chi connectivity index (χ3n) is 11.7. The molecule has 0 saturated carbocycles. The zero-order valence-corrected chi connectivity index (χ0v) is 40.2. The van der Waals surface area contributed by atoms with Crippen LogP contribution in [-0.2, 0) is 84.7 Å². The zero-order valence-electron chi connectivity index (χ0n) is 36.9. The van der Waals surface area contributed by atoms with E-state index in [1.165, 1.54) is 43.5 Å². The van der Waals surface area contributed by atoms with Gasteiger partial charge in [0.25, 0.3) is 52.3 Å². The van der Waals surface area contributed by atoms with Crippen LogP contribution < -0.4 is 4.90 Å². The Morgan fingerprint density at radius 1 is 0.746 bits per heavy atom. The summed E-state index contributed by atoms with van der Waals surface area (Å²) in [6, 6.07) is 7.98. The standard InChI is InChI=1S/C41H53N3O19S4/c1-40(16-5-25-64(48,49)50)31-27-29(66(54,55)56)9-11-33(31)42(18-21-60-3)35(40)7-4-8-36-41(2,17-6-26-65(51,52)53)32-28-30(67(57,58)59)10-12-34(32)43(36)19-22-62-24-23-61-20-15-39(47)63-44-37(45)13-14-38(44)46/h4,7-12,27-28H,5-6,13-26H2,1-3H3,(H3-,48,49,50,51,52,53,54,55,56,57,58,59)/p+1. The third-order valence-corrected chi connectivity index (χ3v) is 15.0. The molecule has 67 heavy (non-hydrogen) atoms. The van der Waals surface area contributed by atoms with Crippen molar-refractivity contribution in [2.75, 3.05) is 69.6 Å². The van der Waals surface area contributed by atoms with E-state index < -0.39 is 90.4 Å². The number of hydroxylamine groups is 2. The molecule has 3 aliphatic heterocycles. The number of methoxy groups -OCH3 is 1. The maximum absolute atomic E-state index is 12.4. The smallest absolute Gasteiger partial charge is 0.335 e. The molecule has 2 unspecified atom stereocenters. The number of hydrogen-bond acceptors (Lipinski definition) is 16. The van der Waals surface area contributed by atoms with Crippen LogP contribution in [0.1, 0.15) is 69.9 Å². The van der Waals surface area contributed by atoms with Gasteiger partial charge in [0.1, 0.15) is 6.61 Å². The first-order valence-corrected chi connectivity index (χ1v) is 27.0. The van der Waals surface area contributed by atoms with Gasteiger partial charge in [0, 0.05) is 61.0 Å². The minimum Gasteiger partial charge on any atom is -0.383 e. The van der Waals surface area contributed by atoms with Crippen molar-refractivity contribution in [1.29, 1.82) is 0 Å². The fourth-order valence-electron chi connectivity index (χ4n) is 8.46. The Hall–Kier alpha value is -4.48. The molecule has 370 valence electrons. The summed E-state index contributed by atoms with van der Waals surface area (Å²) in [6.45, 7) is 4.01. The Kier molecular flexibility index (Phi) is 17.1. The minimum atomic E-state index is -4.73. The van der Waals surface area contributed by atoms with Crippen LogP contribution in [0.15, 0.2) is 70.1 Å². The highest BCUT2D eigenvalue weighted by molar-refractivity contribution is 7.86. The van der Waals surface area contributed by atoms with Crippen LogP contribution in [0.5, 0.6) is 0 Å². The fraction of sp³-hybridized carbons (Fsp3) is 0.512. The lowest BCUT2D eigenvalue weighted by Crippen LogP contribution is -2.33. The molecule has 2 amide bonds. The van der Waals surface area contributed by atoms with E-state index in [0.717, 1.165) is 0 Å². The monoisotopic (exact) mass is 1020 g/mol. The van der Waals surface area contributed by atoms with E-state index in [4.69, 9.17) is 19.0 Å². The summed E-state index contributed by atoms with van der Waals surface area (Å²) in [5.74, 6) is -3.31. The summed E-state index contributed by atoms with van der Waals surface area (Å²) in [5.41, 5.74) is 0.548. The Morgan fingerprint density at radius 2 is 1.30 bits per heavy atom. The van der Waals surface area contributed by atoms with Crippen molar-refractivity contribution in [2.45, 2.75) is 79.4 Å². The van der Waals surface area contributed by atoms with Crippen LogP contribution >= 0.6 is 0 Å². The molecule has 0 aromatic heterocycles. The van der Waals surface area contributed by atoms with E-state index in [9.17, 15) is 66.3 Å². The van der Waals surface area contributed by atoms with Gasteiger partial charge in [-0.15, -0.1) is 5.06 Å². The summed E-state index contributed by atoms with van der Waals surface area (Å²) in [5, 5.41) is 0.437. The molecule has 3 aliphatic rings. The topological polar surface area (TPSA) is 315 Å². The number of anilines is 1. The lowest BCUT2D eigenvalue weighted by Gasteiger charge is -2.30. The van der Waals surface area contributed by atoms with Gasteiger partial charge in [0.15, 0.2) is 12.3 Å². The van der Waals surface area contributed by atoms with Crippen molar-refractivity contribution in [3.8, 4) is 0 Å². The first-order chi connectivity index (χ1) is 31.2. The maximum Gasteiger partial charge on any atom is 0.335 e. The second-order valence-corrected chi connectivity index (χ2v) is 22.4. The van der Waals surface area contributed by atoms with E-state index in [-0.39, 0.29) is 91.1 Å². The largest absolute Gasteiger partial charge is 0.383 e. The highest BCUT2D eigenvalue weighted by Crippen LogP contribution is 2.51. The van der Waals surface area contributed by atoms with E-state index in [0.29, 0.717) is 39.0 Å². The molecule has 26 heteroatoms. The van der Waals surface area contributed by atoms with Crippen molar-refractivity contribution in [2.24, 2.45) is 0 Å². The maximum atomic E-state index is 12.4. The number of nitrogens with zero attached hydrogens (tertiary/aromatic N) is 3. The molecule has 2 aromatic carbocycles. The van der Waals surface area contributed by atoms with Gasteiger partial charge < -0.3 is 23.9 Å². The van der Waals surface area contributed by atoms with Crippen LogP contribution in [-0.4, -0.2) is 150 Å². The summed E-state index contributed by atoms with van der Waals surface area (Å²) >= 11 is 0. The average Bonchev–Trinajstić information content (AvgIpc) is 3.75. The van der Waals surface area contributed by atoms with Gasteiger partial charge >= 0.3 is 5.97 Å². The van der Waals surface area contributed by atoms with Crippen molar-refractivity contribution >= 4 is 75.3 Å². The van der Waals surface area contributed by atoms with E-state index >= 15 is 0 Å². The Labute approximate surface area is 389 Å². The number of fused-ring (bicyclic) bond motifs is 2. The number of rotatable bonds is 25. The van der Waals surface area contributed by atoms with Gasteiger partial charge in [0.05, 0.1) is 59.6 Å². The second kappa shape index (κ2) is 21.4. The first kappa shape index (κ1) is 53.5. The molecular weight excluding hydrogens is 967 g/mol. The molecule has 0 spiro atoms. The Balaban J connectivity index is 1.50. The number of ether oxygens (including phenoxy) is 3. The van der Waals surface area contributed by atoms with E-state index in [1.807, 2.05) is 4.90 Å². The number of carbonyl (C=O) groups is 3. The predicted octanol–water partition coefficient (Wildman–Crippen LogP) is 2.77. The van der Waals surface area contributed by atoms with Gasteiger partial charge in [-0.25, -0.2) is 4.79 Å². The lowest BCUT2D eigenvalue weighted by atomic mass is 9.75. The number of benzene rings is 2. The lowest BCUT2D eigenvalue weighted by molar-refractivity contribution is -0.442. The minimum absolute atomic E-state index is 0.0250. The molecule has 3 heterocycles. The number of carbonyl (C=O) groups excluding carboxylic acids is 3. The number of amides is 2. The van der Waals surface area contributed by atoms with Crippen LogP contribution in [0.25, 0.3) is 0 Å². The molecule has 2 aromatic rings. The highest BCUT2D eigenvalue weighted by Gasteiger charge is 2.49. The van der Waals surface area contributed by atoms with Gasteiger partial charge in [-0.3, -0.25) is 27.8 Å². The predicted molar refractivity (Wildman–Crippen MR) is 238 cm³/mol. The average molecular weight is 1020 g/mol. The molecule has 5 rings (SSSR count). The van der Waals surface area contributed by atoms with Gasteiger partial charge in [-0.05, 0) is 81.5 Å². The Morgan fingerprint density at radius 3 is 1.87 bits per heavy atom. The molecule has 1 saturated heterocycles. The van der Waals surface area contributed by atoms with Crippen LogP contribution in [0.4, 0.5) is 11.4 Å². The molecule has 22 nitrogen and oxygen atoms in total.